The Balaban J connectivity index is 1.00. The molecule has 2 heterocycles. The molecule has 36 nitrogen and oxygen atoms in total. The number of carbonyl (C=O) groups is 12. The van der Waals surface area contributed by atoms with Crippen LogP contribution < -0.4 is 43.0 Å². The van der Waals surface area contributed by atoms with E-state index in [1.54, 1.807) is 99.6 Å². The number of H-pyrrole nitrogens is 1. The van der Waals surface area contributed by atoms with Crippen LogP contribution in [0.4, 0.5) is 0 Å². The lowest BCUT2D eigenvalue weighted by Gasteiger charge is -2.32. The monoisotopic (exact) mass is 1540 g/mol. The van der Waals surface area contributed by atoms with E-state index < -0.39 is 120 Å². The van der Waals surface area contributed by atoms with E-state index in [0.29, 0.717) is 22.4 Å². The second kappa shape index (κ2) is 50.3. The summed E-state index contributed by atoms with van der Waals surface area (Å²) in [6, 6.07) is 13.9. The first-order valence-corrected chi connectivity index (χ1v) is 36.7. The Hall–Kier alpha value is -9.41. The largest absolute Gasteiger partial charge is 0.508 e. The zero-order valence-electron chi connectivity index (χ0n) is 60.8. The number of para-hydroxylation sites is 1. The minimum Gasteiger partial charge on any atom is -0.508 e. The van der Waals surface area contributed by atoms with E-state index in [0.717, 1.165) is 10.9 Å². The number of primary amides is 1. The minimum atomic E-state index is -1.72. The second-order valence-corrected chi connectivity index (χ2v) is 26.2. The number of fused-ring (bicyclic) bond motifs is 1. The van der Waals surface area contributed by atoms with Crippen LogP contribution in [0.15, 0.2) is 85.1 Å². The van der Waals surface area contributed by atoms with E-state index in [4.69, 9.17) is 34.2 Å². The molecule has 0 saturated carbocycles. The second-order valence-electron chi connectivity index (χ2n) is 25.2. The molecule has 1 fully saturated rings. The van der Waals surface area contributed by atoms with Gasteiger partial charge in [-0.2, -0.15) is 11.8 Å². The Labute approximate surface area is 629 Å². The van der Waals surface area contributed by atoms with Crippen molar-refractivity contribution in [1.82, 2.24) is 61.8 Å². The van der Waals surface area contributed by atoms with E-state index >= 15 is 0 Å². The zero-order valence-corrected chi connectivity index (χ0v) is 61.6. The van der Waals surface area contributed by atoms with Gasteiger partial charge in [0, 0.05) is 95.3 Å². The number of carbonyl (C=O) groups excluding carboxylic acids is 8. The van der Waals surface area contributed by atoms with Crippen molar-refractivity contribution in [3.63, 3.8) is 0 Å². The van der Waals surface area contributed by atoms with Crippen LogP contribution in [0.3, 0.4) is 0 Å². The van der Waals surface area contributed by atoms with Crippen LogP contribution in [0, 0.1) is 0 Å². The Morgan fingerprint density at radius 3 is 1.46 bits per heavy atom. The third-order valence-electron chi connectivity index (χ3n) is 16.8. The number of aromatic hydroxyl groups is 1. The van der Waals surface area contributed by atoms with Crippen LogP contribution in [0.25, 0.3) is 10.9 Å². The number of esters is 1. The number of hydrogen-bond donors (Lipinski definition) is 14. The smallest absolute Gasteiger partial charge is 0.320 e. The Kier molecular flexibility index (Phi) is 41.5. The molecule has 1 aliphatic heterocycles. The van der Waals surface area contributed by atoms with Crippen molar-refractivity contribution in [2.75, 3.05) is 176 Å². The number of carboxylic acids is 4. The summed E-state index contributed by atoms with van der Waals surface area (Å²) in [5.41, 5.74) is 8.13. The average molecular weight is 1540 g/mol. The minimum absolute atomic E-state index is 0.0116. The first kappa shape index (κ1) is 89.2. The maximum absolute atomic E-state index is 14.5. The predicted molar refractivity (Wildman–Crippen MR) is 392 cm³/mol. The van der Waals surface area contributed by atoms with Gasteiger partial charge in [0.1, 0.15) is 42.6 Å². The number of thioether (sulfide) groups is 1. The number of aromatic amines is 1. The number of nitrogens with two attached hydrogens (primary N) is 1. The Morgan fingerprint density at radius 2 is 0.935 bits per heavy atom. The van der Waals surface area contributed by atoms with Gasteiger partial charge in [0.05, 0.1) is 111 Å². The fraction of sp³-hybridized carbons (Fsp3) is 0.549. The van der Waals surface area contributed by atoms with Crippen molar-refractivity contribution in [1.29, 1.82) is 0 Å². The van der Waals surface area contributed by atoms with E-state index in [1.165, 1.54) is 23.9 Å². The normalized spacial score (nSPS) is 15.1. The molecule has 0 unspecified atom stereocenters. The predicted octanol–water partition coefficient (Wildman–Crippen LogP) is -2.77. The average Bonchev–Trinajstić information content (AvgIpc) is 1.68. The summed E-state index contributed by atoms with van der Waals surface area (Å²) in [6.07, 6.45) is 2.28. The molecule has 0 radical (unpaired) electrons. The van der Waals surface area contributed by atoms with Gasteiger partial charge in [-0.1, -0.05) is 60.7 Å². The number of phenolic OH excluding ortho intramolecular Hbond substituents is 1. The molecule has 1 aliphatic rings. The summed E-state index contributed by atoms with van der Waals surface area (Å²) in [6.45, 7) is 4.55. The molecule has 5 rings (SSSR count). The van der Waals surface area contributed by atoms with Crippen LogP contribution >= 0.6 is 11.8 Å². The Bertz CT molecular complexity index is 3460. The van der Waals surface area contributed by atoms with Crippen molar-refractivity contribution in [3.05, 3.63) is 102 Å². The zero-order chi connectivity index (χ0) is 78.6. The van der Waals surface area contributed by atoms with Gasteiger partial charge in [-0.3, -0.25) is 77.1 Å². The molecule has 0 bridgehead atoms. The summed E-state index contributed by atoms with van der Waals surface area (Å²) >= 11 is 1.33. The van der Waals surface area contributed by atoms with Crippen molar-refractivity contribution in [2.45, 2.75) is 75.3 Å². The number of ether oxygens (including phenoxy) is 6. The number of phenols is 1. The van der Waals surface area contributed by atoms with Crippen molar-refractivity contribution < 1.29 is 111 Å². The number of nitrogens with zero attached hydrogens (tertiary/aromatic N) is 4. The SMILES string of the molecule is CSCC[C@H](NC(=O)[C@H](Cc1c[nH]c2ccccc12)NC(=O)CNC(=O)[C@H](Cc1ccc(O)cc1)NC(=O)[C@H](C)NCCOCCOCCOCCOCCOCCOC(=O)CN1CCN(CC(=O)O)CCN(CC(=O)O)CCN(CC(=O)O)CC1)C(=O)N[C@@H](CC(=O)O)C(=O)N[C@@H](Cc1ccccc1)C(N)=O. The molecule has 0 aliphatic carbocycles. The van der Waals surface area contributed by atoms with Crippen molar-refractivity contribution >= 4 is 93.9 Å². The number of nitrogens with one attached hydrogen (secondary N) is 8. The van der Waals surface area contributed by atoms with Crippen LogP contribution in [-0.2, 0) is 105 Å². The number of hydrogen-bond acceptors (Lipinski definition) is 25. The highest BCUT2D eigenvalue weighted by molar-refractivity contribution is 7.98. The highest BCUT2D eigenvalue weighted by Gasteiger charge is 2.34. The molecule has 1 saturated heterocycles. The van der Waals surface area contributed by atoms with Gasteiger partial charge in [-0.25, -0.2) is 0 Å². The number of aliphatic carboxylic acids is 4. The third kappa shape index (κ3) is 36.5. The lowest BCUT2D eigenvalue weighted by molar-refractivity contribution is -0.147. The molecular weight excluding hydrogens is 1430 g/mol. The van der Waals surface area contributed by atoms with Gasteiger partial charge >= 0.3 is 29.8 Å². The molecule has 0 spiro atoms. The number of aromatic nitrogens is 1. The van der Waals surface area contributed by atoms with Crippen LogP contribution in [0.5, 0.6) is 5.75 Å². The molecule has 7 amide bonds. The molecule has 108 heavy (non-hydrogen) atoms. The van der Waals surface area contributed by atoms with Gasteiger partial charge in [0.25, 0.3) is 0 Å². The number of benzene rings is 3. The fourth-order valence-electron chi connectivity index (χ4n) is 11.1. The van der Waals surface area contributed by atoms with Crippen LogP contribution in [-0.4, -0.2) is 334 Å². The lowest BCUT2D eigenvalue weighted by Crippen LogP contribution is -2.59. The van der Waals surface area contributed by atoms with E-state index in [-0.39, 0.29) is 189 Å². The molecule has 6 atom stereocenters. The van der Waals surface area contributed by atoms with Gasteiger partial charge in [0.2, 0.25) is 41.4 Å². The van der Waals surface area contributed by atoms with Gasteiger partial charge in [0.15, 0.2) is 0 Å². The fourth-order valence-corrected chi connectivity index (χ4v) is 11.5. The van der Waals surface area contributed by atoms with Crippen LogP contribution in [0.1, 0.15) is 36.5 Å². The first-order chi connectivity index (χ1) is 51.8. The van der Waals surface area contributed by atoms with Gasteiger partial charge in [-0.05, 0) is 60.2 Å². The highest BCUT2D eigenvalue weighted by Crippen LogP contribution is 2.20. The summed E-state index contributed by atoms with van der Waals surface area (Å²) in [4.78, 5) is 165. The highest BCUT2D eigenvalue weighted by atomic mass is 32.2. The molecule has 15 N–H and O–H groups in total. The van der Waals surface area contributed by atoms with Crippen LogP contribution in [0.2, 0.25) is 0 Å². The maximum atomic E-state index is 14.5. The van der Waals surface area contributed by atoms with Crippen molar-refractivity contribution in [2.24, 2.45) is 5.73 Å². The van der Waals surface area contributed by atoms with Gasteiger partial charge in [-0.15, -0.1) is 0 Å². The molecule has 37 heteroatoms. The third-order valence-corrected chi connectivity index (χ3v) is 17.5. The quantitative estimate of drug-likeness (QED) is 0.0157. The maximum Gasteiger partial charge on any atom is 0.320 e. The standard InChI is InChI=1S/C71H103N13O23S/c1-48(73-17-26-102-27-28-103-29-30-104-31-32-105-33-34-106-35-36-107-65(95)47-84-24-22-82(45-63(91)92)20-18-81(44-62(89)90)19-21-83(23-25-84)46-64(93)94)67(97)79-57(39-50-12-14-52(85)15-13-50)68(98)75-43-60(86)76-58(40-51-42-74-54-11-7-6-10-53(51)54)70(100)77-55(16-37-108-2)69(99)80-59(41-61(87)88)71(101)78-56(66(72)96)38-49-8-4-3-5-9-49/h3-15,42,48,55-59,73-74,85H,16-41,43-47H2,1-2H3,(H2,72,96)(H,75,98)(H,76,86)(H,77,100)(H,78,101)(H,79,97)(H,80,99)(H,87,88)(H,89,90)(H,91,92)(H,93,94)/t48-,55-,56-,57-,58-,59-/m0/s1. The summed E-state index contributed by atoms with van der Waals surface area (Å²) < 4.78 is 33.2. The number of rotatable bonds is 51. The summed E-state index contributed by atoms with van der Waals surface area (Å²) in [5, 5.41) is 67.3. The molecule has 3 aromatic carbocycles. The molecular formula is C71H103N13O23S. The first-order valence-electron chi connectivity index (χ1n) is 35.3. The summed E-state index contributed by atoms with van der Waals surface area (Å²) in [7, 11) is 0. The van der Waals surface area contributed by atoms with Crippen molar-refractivity contribution in [3.8, 4) is 5.75 Å². The topological polar surface area (TPSA) is 500 Å². The molecule has 596 valence electrons. The number of carboxylic acid groups (broad SMARTS) is 4. The molecule has 1 aromatic heterocycles. The Morgan fingerprint density at radius 1 is 0.491 bits per heavy atom. The molecule has 4 aromatic rings. The lowest BCUT2D eigenvalue weighted by atomic mass is 10.0. The number of amides is 7. The summed E-state index contributed by atoms with van der Waals surface area (Å²) in [5.74, 6) is -10.8. The van der Waals surface area contributed by atoms with Gasteiger partial charge < -0.3 is 102 Å². The van der Waals surface area contributed by atoms with E-state index in [9.17, 15) is 83.1 Å². The van der Waals surface area contributed by atoms with E-state index in [1.807, 2.05) is 6.07 Å². The van der Waals surface area contributed by atoms with E-state index in [2.05, 4.69) is 42.2 Å².